The lowest BCUT2D eigenvalue weighted by Gasteiger charge is -2.31. The van der Waals surface area contributed by atoms with Gasteiger partial charge in [0, 0.05) is 19.7 Å². The van der Waals surface area contributed by atoms with Gasteiger partial charge in [-0.15, -0.1) is 0 Å². The number of anilines is 1. The zero-order valence-electron chi connectivity index (χ0n) is 21.4. The number of nitrogens with one attached hydrogen (secondary N) is 1. The second-order valence-corrected chi connectivity index (χ2v) is 9.76. The van der Waals surface area contributed by atoms with Crippen LogP contribution in [0.3, 0.4) is 0 Å². The summed E-state index contributed by atoms with van der Waals surface area (Å²) in [5.74, 6) is -1.78. The molecule has 12 heteroatoms. The van der Waals surface area contributed by atoms with Crippen LogP contribution in [0.5, 0.6) is 5.75 Å². The van der Waals surface area contributed by atoms with E-state index in [9.17, 15) is 18.8 Å². The molecule has 0 saturated carbocycles. The number of rotatable bonds is 11. The number of nitrogen functional groups attached to an aromatic ring is 1. The number of amides is 3. The van der Waals surface area contributed by atoms with Gasteiger partial charge in [-0.1, -0.05) is 24.3 Å². The van der Waals surface area contributed by atoms with Gasteiger partial charge in [0.25, 0.3) is 11.8 Å². The third kappa shape index (κ3) is 6.70. The molecule has 0 aliphatic carbocycles. The Morgan fingerprint density at radius 2 is 1.92 bits per heavy atom. The second kappa shape index (κ2) is 12.7. The predicted molar refractivity (Wildman–Crippen MR) is 144 cm³/mol. The Kier molecular flexibility index (Phi) is 9.10. The Labute approximate surface area is 229 Å². The fourth-order valence-corrected chi connectivity index (χ4v) is 5.09. The molecule has 5 N–H and O–H groups in total. The fraction of sp³-hybridized carbons (Fsp3) is 0.333. The number of hydrogen-bond donors (Lipinski definition) is 3. The quantitative estimate of drug-likeness (QED) is 0.329. The molecular formula is C27H30FN5O5S. The Bertz CT molecular complexity index is 1310. The lowest BCUT2D eigenvalue weighted by Crippen LogP contribution is -2.45. The van der Waals surface area contributed by atoms with Crippen LogP contribution in [0.25, 0.3) is 0 Å². The number of primary amides is 1. The lowest BCUT2D eigenvalue weighted by atomic mass is 10.0. The molecule has 0 bridgehead atoms. The molecule has 10 nitrogen and oxygen atoms in total. The Hall–Kier alpha value is -4.03. The van der Waals surface area contributed by atoms with Crippen molar-refractivity contribution in [1.29, 1.82) is 0 Å². The van der Waals surface area contributed by atoms with Crippen LogP contribution in [0.15, 0.2) is 48.5 Å². The summed E-state index contributed by atoms with van der Waals surface area (Å²) in [6.07, 6.45) is 1.61. The molecule has 4 rings (SSSR count). The molecule has 2 aromatic carbocycles. The van der Waals surface area contributed by atoms with Gasteiger partial charge < -0.3 is 31.2 Å². The minimum Gasteiger partial charge on any atom is -0.494 e. The molecular weight excluding hydrogens is 525 g/mol. The zero-order chi connectivity index (χ0) is 27.9. The monoisotopic (exact) mass is 555 g/mol. The first-order valence-electron chi connectivity index (χ1n) is 12.5. The molecule has 39 heavy (non-hydrogen) atoms. The number of ether oxygens (including phenoxy) is 2. The maximum absolute atomic E-state index is 14.0. The summed E-state index contributed by atoms with van der Waals surface area (Å²) in [5, 5.41) is 2.92. The summed E-state index contributed by atoms with van der Waals surface area (Å²) < 4.78 is 28.8. The van der Waals surface area contributed by atoms with E-state index in [1.165, 1.54) is 29.2 Å². The number of carbonyl (C=O) groups excluding carboxylic acids is 3. The SMILES string of the molecule is CCOc1ccc([C@H](C(=O)NC[C@@H]2CCCO2)N(Cc2ccc(F)cc2)C(=O)c2snc(C(N)=O)c2N)cc1. The van der Waals surface area contributed by atoms with Gasteiger partial charge in [-0.3, -0.25) is 14.4 Å². The number of nitrogens with two attached hydrogens (primary N) is 2. The molecule has 0 spiro atoms. The molecule has 1 fully saturated rings. The van der Waals surface area contributed by atoms with E-state index in [0.29, 0.717) is 30.1 Å². The first-order valence-corrected chi connectivity index (χ1v) is 13.3. The Morgan fingerprint density at radius 1 is 1.21 bits per heavy atom. The van der Waals surface area contributed by atoms with Crippen molar-refractivity contribution in [3.63, 3.8) is 0 Å². The first kappa shape index (κ1) is 28.0. The van der Waals surface area contributed by atoms with Crippen molar-refractivity contribution in [3.05, 3.63) is 76.0 Å². The molecule has 0 unspecified atom stereocenters. The number of aromatic nitrogens is 1. The lowest BCUT2D eigenvalue weighted by molar-refractivity contribution is -0.126. The average Bonchev–Trinajstić information content (AvgIpc) is 3.59. The van der Waals surface area contributed by atoms with Gasteiger partial charge in [-0.25, -0.2) is 4.39 Å². The minimum absolute atomic E-state index is 0.0335. The van der Waals surface area contributed by atoms with Gasteiger partial charge >= 0.3 is 0 Å². The van der Waals surface area contributed by atoms with Crippen molar-refractivity contribution in [2.75, 3.05) is 25.5 Å². The van der Waals surface area contributed by atoms with E-state index in [-0.39, 0.29) is 35.5 Å². The molecule has 3 aromatic rings. The highest BCUT2D eigenvalue weighted by molar-refractivity contribution is 7.09. The average molecular weight is 556 g/mol. The number of nitrogens with zero attached hydrogens (tertiary/aromatic N) is 2. The van der Waals surface area contributed by atoms with Crippen molar-refractivity contribution in [3.8, 4) is 5.75 Å². The molecule has 206 valence electrons. The summed E-state index contributed by atoms with van der Waals surface area (Å²) in [7, 11) is 0. The molecule has 1 aliphatic heterocycles. The van der Waals surface area contributed by atoms with E-state index in [0.717, 1.165) is 24.4 Å². The highest BCUT2D eigenvalue weighted by Gasteiger charge is 2.35. The van der Waals surface area contributed by atoms with Crippen molar-refractivity contribution >= 4 is 34.9 Å². The molecule has 2 atom stereocenters. The Balaban J connectivity index is 1.75. The van der Waals surface area contributed by atoms with Gasteiger partial charge in [0.15, 0.2) is 5.69 Å². The highest BCUT2D eigenvalue weighted by atomic mass is 32.1. The van der Waals surface area contributed by atoms with E-state index in [4.69, 9.17) is 20.9 Å². The normalized spacial score (nSPS) is 15.5. The van der Waals surface area contributed by atoms with Crippen LogP contribution < -0.4 is 21.5 Å². The standard InChI is InChI=1S/C27H30FN5O5S/c1-2-37-19-11-7-17(8-12-19)23(26(35)31-14-20-4-3-13-38-20)33(15-16-5-9-18(28)10-6-16)27(36)24-21(29)22(25(30)34)32-39-24/h5-12,20,23H,2-4,13-15,29H2,1H3,(H2,30,34)(H,31,35)/t20-,23+/m0/s1. The number of hydrogen-bond acceptors (Lipinski definition) is 8. The van der Waals surface area contributed by atoms with Crippen LogP contribution in [-0.4, -0.2) is 52.9 Å². The van der Waals surface area contributed by atoms with Gasteiger partial charge in [0.2, 0.25) is 5.91 Å². The van der Waals surface area contributed by atoms with Crippen LogP contribution in [0.1, 0.15) is 57.1 Å². The summed E-state index contributed by atoms with van der Waals surface area (Å²) in [6, 6.07) is 11.3. The molecule has 1 saturated heterocycles. The smallest absolute Gasteiger partial charge is 0.270 e. The zero-order valence-corrected chi connectivity index (χ0v) is 22.2. The molecule has 3 amide bonds. The molecule has 1 aromatic heterocycles. The second-order valence-electron chi connectivity index (χ2n) is 8.98. The van der Waals surface area contributed by atoms with Gasteiger partial charge in [-0.2, -0.15) is 4.37 Å². The van der Waals surface area contributed by atoms with Crippen molar-refractivity contribution in [2.24, 2.45) is 5.73 Å². The molecule has 0 radical (unpaired) electrons. The van der Waals surface area contributed by atoms with Crippen LogP contribution in [0, 0.1) is 5.82 Å². The Morgan fingerprint density at radius 3 is 2.51 bits per heavy atom. The molecule has 1 aliphatic rings. The third-order valence-corrected chi connectivity index (χ3v) is 7.13. The maximum atomic E-state index is 14.0. The topological polar surface area (TPSA) is 150 Å². The first-order chi connectivity index (χ1) is 18.8. The maximum Gasteiger partial charge on any atom is 0.270 e. The van der Waals surface area contributed by atoms with Crippen LogP contribution in [-0.2, 0) is 16.1 Å². The number of halogens is 1. The van der Waals surface area contributed by atoms with E-state index < -0.39 is 29.6 Å². The van der Waals surface area contributed by atoms with Crippen molar-refractivity contribution < 1.29 is 28.2 Å². The number of carbonyl (C=O) groups is 3. The largest absolute Gasteiger partial charge is 0.494 e. The highest BCUT2D eigenvalue weighted by Crippen LogP contribution is 2.31. The van der Waals surface area contributed by atoms with Crippen molar-refractivity contribution in [1.82, 2.24) is 14.6 Å². The third-order valence-electron chi connectivity index (χ3n) is 6.28. The van der Waals surface area contributed by atoms with Crippen LogP contribution in [0.2, 0.25) is 0 Å². The van der Waals surface area contributed by atoms with E-state index >= 15 is 0 Å². The van der Waals surface area contributed by atoms with E-state index in [2.05, 4.69) is 9.69 Å². The predicted octanol–water partition coefficient (Wildman–Crippen LogP) is 3.04. The summed E-state index contributed by atoms with van der Waals surface area (Å²) in [5.41, 5.74) is 12.1. The van der Waals surface area contributed by atoms with Crippen LogP contribution >= 0.6 is 11.5 Å². The van der Waals surface area contributed by atoms with Crippen molar-refractivity contribution in [2.45, 2.75) is 38.5 Å². The van der Waals surface area contributed by atoms with E-state index in [1.54, 1.807) is 24.3 Å². The number of benzene rings is 2. The molecule has 2 heterocycles. The van der Waals surface area contributed by atoms with Crippen LogP contribution in [0.4, 0.5) is 10.1 Å². The van der Waals surface area contributed by atoms with E-state index in [1.807, 2.05) is 6.92 Å². The minimum atomic E-state index is -1.11. The fourth-order valence-electron chi connectivity index (χ4n) is 4.33. The van der Waals surface area contributed by atoms with Gasteiger partial charge in [0.05, 0.1) is 18.4 Å². The summed E-state index contributed by atoms with van der Waals surface area (Å²) in [6.45, 7) is 3.17. The van der Waals surface area contributed by atoms with Gasteiger partial charge in [0.1, 0.15) is 22.5 Å². The summed E-state index contributed by atoms with van der Waals surface area (Å²) in [4.78, 5) is 40.8. The van der Waals surface area contributed by atoms with Gasteiger partial charge in [-0.05, 0) is 66.7 Å². The summed E-state index contributed by atoms with van der Waals surface area (Å²) >= 11 is 0.722.